The molecule has 1 N–H and O–H groups in total. The highest BCUT2D eigenvalue weighted by Crippen LogP contribution is 2.23. The second-order valence-electron chi connectivity index (χ2n) is 4.69. The molecule has 0 aliphatic heterocycles. The van der Waals surface area contributed by atoms with Crippen molar-refractivity contribution in [3.8, 4) is 0 Å². The topological polar surface area (TPSA) is 47.6 Å². The van der Waals surface area contributed by atoms with Crippen LogP contribution in [-0.4, -0.2) is 31.9 Å². The van der Waals surface area contributed by atoms with Crippen LogP contribution in [0.4, 0.5) is 0 Å². The summed E-state index contributed by atoms with van der Waals surface area (Å²) in [6.07, 6.45) is 0.203. The van der Waals surface area contributed by atoms with E-state index in [0.29, 0.717) is 6.42 Å². The van der Waals surface area contributed by atoms with Crippen molar-refractivity contribution in [1.82, 2.24) is 5.32 Å². The zero-order valence-corrected chi connectivity index (χ0v) is 13.3. The zero-order valence-electron chi connectivity index (χ0n) is 12.5. The molecule has 0 heterocycles. The van der Waals surface area contributed by atoms with Crippen molar-refractivity contribution < 1.29 is 14.3 Å². The summed E-state index contributed by atoms with van der Waals surface area (Å²) in [5.74, 6) is 0.874. The van der Waals surface area contributed by atoms with Gasteiger partial charge in [0.1, 0.15) is 0 Å². The lowest BCUT2D eigenvalue weighted by Crippen LogP contribution is -2.30. The van der Waals surface area contributed by atoms with Crippen molar-refractivity contribution in [2.45, 2.75) is 37.5 Å². The third kappa shape index (κ3) is 5.94. The Morgan fingerprint density at radius 1 is 1.20 bits per heavy atom. The standard InChI is InChI=1S/C15H23NO3S/c1-11(2)16-14(17)9-10-20-13-7-5-12(6-8-13)15(18-3)19-4/h5-8,11,15H,9-10H2,1-4H3,(H,16,17). The van der Waals surface area contributed by atoms with E-state index in [-0.39, 0.29) is 18.2 Å². The fourth-order valence-electron chi connectivity index (χ4n) is 1.75. The summed E-state index contributed by atoms with van der Waals surface area (Å²) in [4.78, 5) is 12.6. The lowest BCUT2D eigenvalue weighted by Gasteiger charge is -2.13. The molecule has 0 radical (unpaired) electrons. The molecule has 0 aromatic heterocycles. The molecule has 5 heteroatoms. The van der Waals surface area contributed by atoms with Gasteiger partial charge in [-0.25, -0.2) is 0 Å². The molecule has 0 bridgehead atoms. The average molecular weight is 297 g/mol. The summed E-state index contributed by atoms with van der Waals surface area (Å²) < 4.78 is 10.4. The van der Waals surface area contributed by atoms with Crippen LogP contribution in [0.5, 0.6) is 0 Å². The Bertz CT molecular complexity index is 402. The predicted molar refractivity (Wildman–Crippen MR) is 81.8 cm³/mol. The number of thioether (sulfide) groups is 1. The molecule has 4 nitrogen and oxygen atoms in total. The number of amides is 1. The maximum absolute atomic E-state index is 11.5. The first-order valence-corrected chi connectivity index (χ1v) is 7.63. The fourth-order valence-corrected chi connectivity index (χ4v) is 2.60. The number of ether oxygens (including phenoxy) is 2. The van der Waals surface area contributed by atoms with E-state index >= 15 is 0 Å². The molecule has 0 saturated carbocycles. The fraction of sp³-hybridized carbons (Fsp3) is 0.533. The van der Waals surface area contributed by atoms with E-state index in [1.165, 1.54) is 0 Å². The number of hydrogen-bond donors (Lipinski definition) is 1. The highest BCUT2D eigenvalue weighted by molar-refractivity contribution is 7.99. The summed E-state index contributed by atoms with van der Waals surface area (Å²) in [7, 11) is 3.23. The second-order valence-corrected chi connectivity index (χ2v) is 5.86. The maximum atomic E-state index is 11.5. The molecular weight excluding hydrogens is 274 g/mol. The first-order valence-electron chi connectivity index (χ1n) is 6.64. The van der Waals surface area contributed by atoms with Crippen LogP contribution in [0.2, 0.25) is 0 Å². The van der Waals surface area contributed by atoms with Gasteiger partial charge in [-0.1, -0.05) is 12.1 Å². The van der Waals surface area contributed by atoms with Crippen LogP contribution in [0.1, 0.15) is 32.1 Å². The minimum atomic E-state index is -0.328. The molecule has 0 fully saturated rings. The molecule has 20 heavy (non-hydrogen) atoms. The van der Waals surface area contributed by atoms with Crippen molar-refractivity contribution >= 4 is 17.7 Å². The van der Waals surface area contributed by atoms with Gasteiger partial charge < -0.3 is 14.8 Å². The first-order chi connectivity index (χ1) is 9.56. The SMILES string of the molecule is COC(OC)c1ccc(SCCC(=O)NC(C)C)cc1. The van der Waals surface area contributed by atoms with E-state index < -0.39 is 0 Å². The summed E-state index contributed by atoms with van der Waals surface area (Å²) in [6, 6.07) is 8.20. The molecule has 0 aliphatic carbocycles. The van der Waals surface area contributed by atoms with Crippen LogP contribution in [0.3, 0.4) is 0 Å². The van der Waals surface area contributed by atoms with Crippen molar-refractivity contribution in [3.05, 3.63) is 29.8 Å². The molecule has 0 spiro atoms. The van der Waals surface area contributed by atoms with Crippen molar-refractivity contribution in [2.24, 2.45) is 0 Å². The van der Waals surface area contributed by atoms with Crippen LogP contribution in [0.15, 0.2) is 29.2 Å². The molecule has 112 valence electrons. The molecule has 0 unspecified atom stereocenters. The summed E-state index contributed by atoms with van der Waals surface area (Å²) in [5.41, 5.74) is 0.983. The van der Waals surface area contributed by atoms with Gasteiger partial charge in [-0.2, -0.15) is 0 Å². The van der Waals surface area contributed by atoms with Crippen LogP contribution < -0.4 is 5.32 Å². The number of benzene rings is 1. The monoisotopic (exact) mass is 297 g/mol. The Hall–Kier alpha value is -1.04. The molecular formula is C15H23NO3S. The maximum Gasteiger partial charge on any atom is 0.221 e. The molecule has 1 amide bonds. The first kappa shape index (κ1) is 17.0. The van der Waals surface area contributed by atoms with Crippen molar-refractivity contribution in [3.63, 3.8) is 0 Å². The largest absolute Gasteiger partial charge is 0.354 e. The van der Waals surface area contributed by atoms with E-state index in [1.54, 1.807) is 26.0 Å². The van der Waals surface area contributed by atoms with Crippen LogP contribution in [0.25, 0.3) is 0 Å². The minimum Gasteiger partial charge on any atom is -0.354 e. The number of rotatable bonds is 8. The lowest BCUT2D eigenvalue weighted by atomic mass is 10.2. The van der Waals surface area contributed by atoms with Gasteiger partial charge in [0, 0.05) is 42.9 Å². The van der Waals surface area contributed by atoms with E-state index in [1.807, 2.05) is 38.1 Å². The van der Waals surface area contributed by atoms with E-state index in [0.717, 1.165) is 16.2 Å². The highest BCUT2D eigenvalue weighted by Gasteiger charge is 2.08. The van der Waals surface area contributed by atoms with Crippen LogP contribution >= 0.6 is 11.8 Å². The number of hydrogen-bond acceptors (Lipinski definition) is 4. The molecule has 0 atom stereocenters. The third-order valence-corrected chi connectivity index (χ3v) is 3.64. The Morgan fingerprint density at radius 2 is 1.80 bits per heavy atom. The quantitative estimate of drug-likeness (QED) is 0.592. The van der Waals surface area contributed by atoms with Crippen LogP contribution in [-0.2, 0) is 14.3 Å². The molecule has 0 saturated heterocycles. The molecule has 0 aliphatic rings. The normalized spacial score (nSPS) is 11.1. The number of carbonyl (C=O) groups excluding carboxylic acids is 1. The smallest absolute Gasteiger partial charge is 0.221 e. The van der Waals surface area contributed by atoms with Crippen molar-refractivity contribution in [2.75, 3.05) is 20.0 Å². The van der Waals surface area contributed by atoms with Gasteiger partial charge in [0.25, 0.3) is 0 Å². The van der Waals surface area contributed by atoms with Gasteiger partial charge >= 0.3 is 0 Å². The van der Waals surface area contributed by atoms with E-state index in [4.69, 9.17) is 9.47 Å². The molecule has 1 rings (SSSR count). The molecule has 1 aromatic carbocycles. The number of methoxy groups -OCH3 is 2. The van der Waals surface area contributed by atoms with Gasteiger partial charge in [0.15, 0.2) is 6.29 Å². The van der Waals surface area contributed by atoms with E-state index in [9.17, 15) is 4.79 Å². The Morgan fingerprint density at radius 3 is 2.30 bits per heavy atom. The summed E-state index contributed by atoms with van der Waals surface area (Å²) >= 11 is 1.67. The Kier molecular flexibility index (Phi) is 7.65. The minimum absolute atomic E-state index is 0.1000. The van der Waals surface area contributed by atoms with Gasteiger partial charge in [-0.15, -0.1) is 11.8 Å². The highest BCUT2D eigenvalue weighted by atomic mass is 32.2. The Labute approximate surface area is 125 Å². The summed E-state index contributed by atoms with van der Waals surface area (Å²) in [6.45, 7) is 3.93. The van der Waals surface area contributed by atoms with E-state index in [2.05, 4.69) is 5.32 Å². The van der Waals surface area contributed by atoms with Crippen LogP contribution in [0, 0.1) is 0 Å². The zero-order chi connectivity index (χ0) is 15.0. The number of carbonyl (C=O) groups is 1. The van der Waals surface area contributed by atoms with Gasteiger partial charge in [0.05, 0.1) is 0 Å². The average Bonchev–Trinajstić information content (AvgIpc) is 2.41. The second kappa shape index (κ2) is 9.00. The number of nitrogens with one attached hydrogen (secondary N) is 1. The van der Waals surface area contributed by atoms with Gasteiger partial charge in [-0.3, -0.25) is 4.79 Å². The lowest BCUT2D eigenvalue weighted by molar-refractivity contribution is -0.121. The molecule has 1 aromatic rings. The van der Waals surface area contributed by atoms with Gasteiger partial charge in [0.2, 0.25) is 5.91 Å². The Balaban J connectivity index is 2.40. The summed E-state index contributed by atoms with van der Waals surface area (Å²) in [5, 5.41) is 2.88. The van der Waals surface area contributed by atoms with Gasteiger partial charge in [-0.05, 0) is 26.0 Å². The third-order valence-electron chi connectivity index (χ3n) is 2.63. The van der Waals surface area contributed by atoms with Crippen molar-refractivity contribution in [1.29, 1.82) is 0 Å². The predicted octanol–water partition coefficient (Wildman–Crippen LogP) is 2.98.